The Morgan fingerprint density at radius 2 is 1.82 bits per heavy atom. The van der Waals surface area contributed by atoms with Gasteiger partial charge in [-0.05, 0) is 36.2 Å². The molecule has 0 aliphatic carbocycles. The minimum Gasteiger partial charge on any atom is -0.451 e. The van der Waals surface area contributed by atoms with Crippen molar-refractivity contribution in [1.82, 2.24) is 10.3 Å². The molecule has 146 valence electrons. The molecule has 3 aromatic rings. The molecule has 28 heavy (non-hydrogen) atoms. The van der Waals surface area contributed by atoms with Crippen LogP contribution in [0.2, 0.25) is 0 Å². The van der Waals surface area contributed by atoms with Crippen molar-refractivity contribution in [3.63, 3.8) is 0 Å². The highest BCUT2D eigenvalue weighted by molar-refractivity contribution is 5.95. The van der Waals surface area contributed by atoms with Gasteiger partial charge in [-0.25, -0.2) is 4.79 Å². The Balaban J connectivity index is 1.40. The van der Waals surface area contributed by atoms with Gasteiger partial charge in [0, 0.05) is 17.4 Å². The lowest BCUT2D eigenvalue weighted by atomic mass is 10.1. The molecule has 3 rings (SSSR count). The number of hydrogen-bond acceptors (Lipinski definition) is 4. The SMILES string of the molecule is O=C(COC(=O)c1cc2ccccc2[nH]1)NCCc1ccc(OC(F)F)cc1. The predicted molar refractivity (Wildman–Crippen MR) is 98.4 cm³/mol. The molecule has 0 aliphatic heterocycles. The van der Waals surface area contributed by atoms with E-state index in [1.54, 1.807) is 18.2 Å². The first kappa shape index (κ1) is 19.3. The van der Waals surface area contributed by atoms with E-state index in [0.717, 1.165) is 16.5 Å². The number of alkyl halides is 2. The van der Waals surface area contributed by atoms with Crippen molar-refractivity contribution in [3.8, 4) is 5.75 Å². The lowest BCUT2D eigenvalue weighted by Crippen LogP contribution is -2.30. The van der Waals surface area contributed by atoms with Gasteiger partial charge in [-0.3, -0.25) is 4.79 Å². The molecular formula is C20H18F2N2O4. The third-order valence-electron chi connectivity index (χ3n) is 3.97. The van der Waals surface area contributed by atoms with Crippen molar-refractivity contribution < 1.29 is 27.8 Å². The van der Waals surface area contributed by atoms with Gasteiger partial charge >= 0.3 is 12.6 Å². The van der Waals surface area contributed by atoms with Crippen molar-refractivity contribution in [1.29, 1.82) is 0 Å². The van der Waals surface area contributed by atoms with Crippen molar-refractivity contribution in [3.05, 3.63) is 65.9 Å². The Hall–Kier alpha value is -3.42. The number of esters is 1. The molecule has 2 aromatic carbocycles. The fraction of sp³-hybridized carbons (Fsp3) is 0.200. The van der Waals surface area contributed by atoms with E-state index in [1.807, 2.05) is 24.3 Å². The second-order valence-corrected chi connectivity index (χ2v) is 5.97. The molecule has 0 spiro atoms. The van der Waals surface area contributed by atoms with E-state index in [4.69, 9.17) is 4.74 Å². The monoisotopic (exact) mass is 388 g/mol. The number of para-hydroxylation sites is 1. The van der Waals surface area contributed by atoms with Gasteiger partial charge in [0.2, 0.25) is 0 Å². The van der Waals surface area contributed by atoms with Crippen LogP contribution in [0.1, 0.15) is 16.1 Å². The topological polar surface area (TPSA) is 80.4 Å². The van der Waals surface area contributed by atoms with E-state index in [9.17, 15) is 18.4 Å². The highest BCUT2D eigenvalue weighted by Gasteiger charge is 2.12. The highest BCUT2D eigenvalue weighted by Crippen LogP contribution is 2.16. The summed E-state index contributed by atoms with van der Waals surface area (Å²) in [6.45, 7) is -2.94. The second kappa shape index (κ2) is 8.98. The second-order valence-electron chi connectivity index (χ2n) is 5.97. The van der Waals surface area contributed by atoms with Crippen LogP contribution in [-0.2, 0) is 16.0 Å². The van der Waals surface area contributed by atoms with Crippen LogP contribution in [-0.4, -0.2) is 36.6 Å². The summed E-state index contributed by atoms with van der Waals surface area (Å²) in [6, 6.07) is 15.2. The van der Waals surface area contributed by atoms with Gasteiger partial charge in [-0.1, -0.05) is 30.3 Å². The molecule has 0 bridgehead atoms. The first-order chi connectivity index (χ1) is 13.5. The molecule has 8 heteroatoms. The Morgan fingerprint density at radius 1 is 1.07 bits per heavy atom. The Labute approximate surface area is 159 Å². The van der Waals surface area contributed by atoms with Gasteiger partial charge in [-0.15, -0.1) is 0 Å². The van der Waals surface area contributed by atoms with Crippen LogP contribution in [0.3, 0.4) is 0 Å². The third-order valence-corrected chi connectivity index (χ3v) is 3.97. The molecule has 0 saturated heterocycles. The van der Waals surface area contributed by atoms with E-state index in [-0.39, 0.29) is 11.4 Å². The number of carbonyl (C=O) groups is 2. The zero-order chi connectivity index (χ0) is 19.9. The van der Waals surface area contributed by atoms with Crippen molar-refractivity contribution in [2.45, 2.75) is 13.0 Å². The zero-order valence-electron chi connectivity index (χ0n) is 14.8. The predicted octanol–water partition coefficient (Wildman–Crippen LogP) is 3.29. The molecular weight excluding hydrogens is 370 g/mol. The van der Waals surface area contributed by atoms with Gasteiger partial charge in [0.15, 0.2) is 6.61 Å². The number of benzene rings is 2. The Bertz CT molecular complexity index is 921. The number of aromatic amines is 1. The van der Waals surface area contributed by atoms with Crippen molar-refractivity contribution >= 4 is 22.8 Å². The summed E-state index contributed by atoms with van der Waals surface area (Å²) < 4.78 is 33.5. The van der Waals surface area contributed by atoms with E-state index >= 15 is 0 Å². The molecule has 2 N–H and O–H groups in total. The number of nitrogens with one attached hydrogen (secondary N) is 2. The number of amides is 1. The zero-order valence-corrected chi connectivity index (χ0v) is 14.8. The van der Waals surface area contributed by atoms with Crippen molar-refractivity contribution in [2.24, 2.45) is 0 Å². The van der Waals surface area contributed by atoms with E-state index in [0.29, 0.717) is 13.0 Å². The van der Waals surface area contributed by atoms with Gasteiger partial charge in [-0.2, -0.15) is 8.78 Å². The third kappa shape index (κ3) is 5.29. The number of fused-ring (bicyclic) bond motifs is 1. The van der Waals surface area contributed by atoms with Gasteiger partial charge in [0.25, 0.3) is 5.91 Å². The number of rotatable bonds is 8. The summed E-state index contributed by atoms with van der Waals surface area (Å²) in [7, 11) is 0. The average molecular weight is 388 g/mol. The smallest absolute Gasteiger partial charge is 0.387 e. The maximum Gasteiger partial charge on any atom is 0.387 e. The fourth-order valence-corrected chi connectivity index (χ4v) is 2.63. The maximum atomic E-state index is 12.1. The molecule has 0 radical (unpaired) electrons. The number of halogens is 2. The van der Waals surface area contributed by atoms with Crippen LogP contribution in [0.25, 0.3) is 10.9 Å². The molecule has 0 aliphatic rings. The largest absolute Gasteiger partial charge is 0.451 e. The summed E-state index contributed by atoms with van der Waals surface area (Å²) in [5, 5.41) is 3.51. The van der Waals surface area contributed by atoms with E-state index in [2.05, 4.69) is 15.0 Å². The molecule has 0 fully saturated rings. The standard InChI is InChI=1S/C20H18F2N2O4/c21-20(22)28-15-7-5-13(6-8-15)9-10-23-18(25)12-27-19(26)17-11-14-3-1-2-4-16(14)24-17/h1-8,11,20,24H,9-10,12H2,(H,23,25). The first-order valence-corrected chi connectivity index (χ1v) is 8.56. The minimum atomic E-state index is -2.86. The summed E-state index contributed by atoms with van der Waals surface area (Å²) in [6.07, 6.45) is 0.497. The number of ether oxygens (including phenoxy) is 2. The fourth-order valence-electron chi connectivity index (χ4n) is 2.63. The van der Waals surface area contributed by atoms with Gasteiger partial charge in [0.05, 0.1) is 0 Å². The number of H-pyrrole nitrogens is 1. The quantitative estimate of drug-likeness (QED) is 0.581. The van der Waals surface area contributed by atoms with Crippen LogP contribution in [0.15, 0.2) is 54.6 Å². The molecule has 1 aromatic heterocycles. The lowest BCUT2D eigenvalue weighted by Gasteiger charge is -2.07. The lowest BCUT2D eigenvalue weighted by molar-refractivity contribution is -0.124. The molecule has 0 saturated carbocycles. The Kier molecular flexibility index (Phi) is 6.21. The molecule has 6 nitrogen and oxygen atoms in total. The molecule has 0 atom stereocenters. The van der Waals surface area contributed by atoms with E-state index < -0.39 is 25.1 Å². The maximum absolute atomic E-state index is 12.1. The summed E-state index contributed by atoms with van der Waals surface area (Å²) in [5.74, 6) is -0.963. The van der Waals surface area contributed by atoms with Gasteiger partial charge < -0.3 is 19.8 Å². The average Bonchev–Trinajstić information content (AvgIpc) is 3.11. The van der Waals surface area contributed by atoms with Crippen molar-refractivity contribution in [2.75, 3.05) is 13.2 Å². The molecule has 1 amide bonds. The summed E-state index contributed by atoms with van der Waals surface area (Å²) in [5.41, 5.74) is 1.93. The normalized spacial score (nSPS) is 10.8. The minimum absolute atomic E-state index is 0.0756. The summed E-state index contributed by atoms with van der Waals surface area (Å²) >= 11 is 0. The van der Waals surface area contributed by atoms with Crippen LogP contribution < -0.4 is 10.1 Å². The number of aromatic nitrogens is 1. The van der Waals surface area contributed by atoms with E-state index in [1.165, 1.54) is 12.1 Å². The molecule has 1 heterocycles. The highest BCUT2D eigenvalue weighted by atomic mass is 19.3. The van der Waals surface area contributed by atoms with Gasteiger partial charge in [0.1, 0.15) is 11.4 Å². The Morgan fingerprint density at radius 3 is 2.54 bits per heavy atom. The first-order valence-electron chi connectivity index (χ1n) is 8.56. The van der Waals surface area contributed by atoms with Crippen LogP contribution in [0.5, 0.6) is 5.75 Å². The number of carbonyl (C=O) groups excluding carboxylic acids is 2. The summed E-state index contributed by atoms with van der Waals surface area (Å²) in [4.78, 5) is 26.8. The van der Waals surface area contributed by atoms with Crippen LogP contribution >= 0.6 is 0 Å². The van der Waals surface area contributed by atoms with Crippen LogP contribution in [0.4, 0.5) is 8.78 Å². The number of hydrogen-bond donors (Lipinski definition) is 2. The molecule has 0 unspecified atom stereocenters. The van der Waals surface area contributed by atoms with Crippen LogP contribution in [0, 0.1) is 0 Å².